The number of aliphatic hydroxyl groups is 1. The van der Waals surface area contributed by atoms with Crippen LogP contribution in [0.15, 0.2) is 42.5 Å². The first-order valence-corrected chi connectivity index (χ1v) is 7.42. The number of halogens is 1. The predicted molar refractivity (Wildman–Crippen MR) is 86.0 cm³/mol. The third-order valence-electron chi connectivity index (χ3n) is 3.60. The zero-order valence-corrected chi connectivity index (χ0v) is 12.9. The van der Waals surface area contributed by atoms with E-state index in [9.17, 15) is 9.59 Å². The minimum absolute atomic E-state index is 0.0547. The van der Waals surface area contributed by atoms with E-state index in [1.165, 1.54) is 0 Å². The molecule has 1 aliphatic rings. The lowest BCUT2D eigenvalue weighted by Crippen LogP contribution is -2.38. The molecule has 118 valence electrons. The number of amides is 1. The smallest absolute Gasteiger partial charge is 0.265 e. The van der Waals surface area contributed by atoms with Crippen LogP contribution in [0.5, 0.6) is 5.75 Å². The summed E-state index contributed by atoms with van der Waals surface area (Å²) < 4.78 is 5.40. The van der Waals surface area contributed by atoms with Gasteiger partial charge in [-0.15, -0.1) is 0 Å². The molecule has 0 unspecified atom stereocenters. The second-order valence-electron chi connectivity index (χ2n) is 5.16. The zero-order chi connectivity index (χ0) is 16.4. The van der Waals surface area contributed by atoms with Gasteiger partial charge in [-0.05, 0) is 35.9 Å². The maximum Gasteiger partial charge on any atom is 0.265 e. The molecule has 0 saturated carbocycles. The number of hydrogen-bond donors (Lipinski definition) is 1. The molecule has 0 saturated heterocycles. The van der Waals surface area contributed by atoms with Gasteiger partial charge in [0.15, 0.2) is 12.4 Å². The van der Waals surface area contributed by atoms with Crippen LogP contribution < -0.4 is 9.64 Å². The number of Topliss-reactive ketones (excluding diaryl/α,β-unsaturated/α-hetero) is 1. The van der Waals surface area contributed by atoms with Gasteiger partial charge in [0, 0.05) is 10.6 Å². The van der Waals surface area contributed by atoms with E-state index in [0.717, 1.165) is 5.56 Å². The molecule has 0 aliphatic carbocycles. The molecule has 3 rings (SSSR count). The number of rotatable bonds is 4. The van der Waals surface area contributed by atoms with E-state index in [0.29, 0.717) is 28.6 Å². The van der Waals surface area contributed by atoms with Crippen molar-refractivity contribution < 1.29 is 19.4 Å². The lowest BCUT2D eigenvalue weighted by atomic mass is 10.1. The van der Waals surface area contributed by atoms with E-state index in [1.807, 2.05) is 12.1 Å². The van der Waals surface area contributed by atoms with Gasteiger partial charge in [-0.3, -0.25) is 9.59 Å². The Hall–Kier alpha value is -2.37. The third kappa shape index (κ3) is 3.21. The van der Waals surface area contributed by atoms with Crippen molar-refractivity contribution in [2.75, 3.05) is 18.1 Å². The fourth-order valence-electron chi connectivity index (χ4n) is 2.46. The first-order chi connectivity index (χ1) is 11.1. The largest absolute Gasteiger partial charge is 0.482 e. The summed E-state index contributed by atoms with van der Waals surface area (Å²) in [5.74, 6) is -0.0827. The van der Waals surface area contributed by atoms with Crippen molar-refractivity contribution in [1.82, 2.24) is 0 Å². The Labute approximate surface area is 138 Å². The van der Waals surface area contributed by atoms with Crippen LogP contribution in [-0.2, 0) is 11.3 Å². The maximum atomic E-state index is 12.2. The summed E-state index contributed by atoms with van der Waals surface area (Å²) in [6, 6.07) is 12.0. The van der Waals surface area contributed by atoms with Gasteiger partial charge in [0.1, 0.15) is 12.4 Å². The highest BCUT2D eigenvalue weighted by Crippen LogP contribution is 2.34. The van der Waals surface area contributed by atoms with Crippen LogP contribution in [0.3, 0.4) is 0 Å². The lowest BCUT2D eigenvalue weighted by molar-refractivity contribution is -0.121. The monoisotopic (exact) mass is 331 g/mol. The SMILES string of the molecule is O=C(CO)c1ccc2c(c1)N(Cc1cccc(Cl)c1)C(=O)CO2. The van der Waals surface area contributed by atoms with E-state index in [4.69, 9.17) is 21.4 Å². The molecule has 2 aromatic carbocycles. The van der Waals surface area contributed by atoms with Gasteiger partial charge in [0.2, 0.25) is 0 Å². The van der Waals surface area contributed by atoms with Gasteiger partial charge in [-0.1, -0.05) is 23.7 Å². The highest BCUT2D eigenvalue weighted by Gasteiger charge is 2.26. The van der Waals surface area contributed by atoms with E-state index >= 15 is 0 Å². The number of carbonyl (C=O) groups is 2. The molecule has 2 aromatic rings. The summed E-state index contributed by atoms with van der Waals surface area (Å²) in [6.45, 7) is -0.310. The third-order valence-corrected chi connectivity index (χ3v) is 3.83. The number of carbonyl (C=O) groups excluding carboxylic acids is 2. The molecule has 23 heavy (non-hydrogen) atoms. The molecule has 1 aliphatic heterocycles. The van der Waals surface area contributed by atoms with Crippen molar-refractivity contribution >= 4 is 29.0 Å². The van der Waals surface area contributed by atoms with Crippen LogP contribution in [0.25, 0.3) is 0 Å². The van der Waals surface area contributed by atoms with Crippen LogP contribution in [0.2, 0.25) is 5.02 Å². The number of ketones is 1. The van der Waals surface area contributed by atoms with Crippen LogP contribution in [0.4, 0.5) is 5.69 Å². The fraction of sp³-hybridized carbons (Fsp3) is 0.176. The number of ether oxygens (including phenoxy) is 1. The van der Waals surface area contributed by atoms with Gasteiger partial charge < -0.3 is 14.7 Å². The molecule has 0 aromatic heterocycles. The standard InChI is InChI=1S/C17H14ClNO4/c18-13-3-1-2-11(6-13)8-19-14-7-12(15(21)9-20)4-5-16(14)23-10-17(19)22/h1-7,20H,8-10H2. The minimum atomic E-state index is -0.581. The summed E-state index contributed by atoms with van der Waals surface area (Å²) in [7, 11) is 0. The Morgan fingerprint density at radius 2 is 2.09 bits per heavy atom. The molecule has 1 N–H and O–H groups in total. The van der Waals surface area contributed by atoms with Gasteiger partial charge in [0.05, 0.1) is 12.2 Å². The Morgan fingerprint density at radius 3 is 2.83 bits per heavy atom. The number of aliphatic hydroxyl groups excluding tert-OH is 1. The number of anilines is 1. The van der Waals surface area contributed by atoms with Crippen LogP contribution in [-0.4, -0.2) is 30.0 Å². The number of benzene rings is 2. The molecule has 1 heterocycles. The Bertz CT molecular complexity index is 775. The van der Waals surface area contributed by atoms with Gasteiger partial charge in [-0.25, -0.2) is 0 Å². The Kier molecular flexibility index (Phi) is 4.32. The number of fused-ring (bicyclic) bond motifs is 1. The molecule has 6 heteroatoms. The normalized spacial score (nSPS) is 13.5. The summed E-state index contributed by atoms with van der Waals surface area (Å²) in [5.41, 5.74) is 1.72. The predicted octanol–water partition coefficient (Wildman–Crippen LogP) is 2.44. The molecular weight excluding hydrogens is 318 g/mol. The molecule has 5 nitrogen and oxygen atoms in total. The highest BCUT2D eigenvalue weighted by molar-refractivity contribution is 6.30. The van der Waals surface area contributed by atoms with E-state index in [2.05, 4.69) is 0 Å². The van der Waals surface area contributed by atoms with Crippen molar-refractivity contribution in [3.8, 4) is 5.75 Å². The van der Waals surface area contributed by atoms with Crippen molar-refractivity contribution in [2.45, 2.75) is 6.54 Å². The maximum absolute atomic E-state index is 12.2. The molecule has 0 radical (unpaired) electrons. The minimum Gasteiger partial charge on any atom is -0.482 e. The quantitative estimate of drug-likeness (QED) is 0.874. The van der Waals surface area contributed by atoms with Crippen LogP contribution in [0.1, 0.15) is 15.9 Å². The van der Waals surface area contributed by atoms with E-state index in [-0.39, 0.29) is 12.5 Å². The highest BCUT2D eigenvalue weighted by atomic mass is 35.5. The molecule has 0 fully saturated rings. The molecule has 0 bridgehead atoms. The van der Waals surface area contributed by atoms with Gasteiger partial charge in [-0.2, -0.15) is 0 Å². The summed E-state index contributed by atoms with van der Waals surface area (Å²) >= 11 is 5.98. The van der Waals surface area contributed by atoms with Gasteiger partial charge in [0.25, 0.3) is 5.91 Å². The molecular formula is C17H14ClNO4. The topological polar surface area (TPSA) is 66.8 Å². The van der Waals surface area contributed by atoms with E-state index < -0.39 is 12.4 Å². The second kappa shape index (κ2) is 6.40. The van der Waals surface area contributed by atoms with Crippen LogP contribution in [0, 0.1) is 0 Å². The molecule has 0 atom stereocenters. The Balaban J connectivity index is 1.98. The van der Waals surface area contributed by atoms with Crippen LogP contribution >= 0.6 is 11.6 Å². The second-order valence-corrected chi connectivity index (χ2v) is 5.60. The zero-order valence-electron chi connectivity index (χ0n) is 12.2. The summed E-state index contributed by atoms with van der Waals surface area (Å²) in [6.07, 6.45) is 0. The van der Waals surface area contributed by atoms with Gasteiger partial charge >= 0.3 is 0 Å². The lowest BCUT2D eigenvalue weighted by Gasteiger charge is -2.29. The average Bonchev–Trinajstić information content (AvgIpc) is 2.56. The van der Waals surface area contributed by atoms with Crippen molar-refractivity contribution in [3.63, 3.8) is 0 Å². The summed E-state index contributed by atoms with van der Waals surface area (Å²) in [5, 5.41) is 9.59. The molecule has 1 amide bonds. The summed E-state index contributed by atoms with van der Waals surface area (Å²) in [4.78, 5) is 25.5. The van der Waals surface area contributed by atoms with Crippen molar-refractivity contribution in [2.24, 2.45) is 0 Å². The first kappa shape index (κ1) is 15.5. The fourth-order valence-corrected chi connectivity index (χ4v) is 2.67. The van der Waals surface area contributed by atoms with Crippen molar-refractivity contribution in [3.05, 3.63) is 58.6 Å². The number of hydrogen-bond acceptors (Lipinski definition) is 4. The number of nitrogens with zero attached hydrogens (tertiary/aromatic N) is 1. The first-order valence-electron chi connectivity index (χ1n) is 7.04. The Morgan fingerprint density at radius 1 is 1.26 bits per heavy atom. The molecule has 0 spiro atoms. The van der Waals surface area contributed by atoms with E-state index in [1.54, 1.807) is 35.2 Å². The average molecular weight is 332 g/mol. The van der Waals surface area contributed by atoms with Crippen molar-refractivity contribution in [1.29, 1.82) is 0 Å².